The van der Waals surface area contributed by atoms with Crippen molar-refractivity contribution in [2.75, 3.05) is 7.11 Å². The Bertz CT molecular complexity index is 336. The molecule has 2 N–H and O–H groups in total. The van der Waals surface area contributed by atoms with E-state index in [4.69, 9.17) is 0 Å². The molecule has 84 valence electrons. The zero-order valence-corrected chi connectivity index (χ0v) is 8.27. The monoisotopic (exact) mass is 219 g/mol. The van der Waals surface area contributed by atoms with Gasteiger partial charge < -0.3 is 10.1 Å². The van der Waals surface area contributed by atoms with E-state index in [2.05, 4.69) is 11.8 Å². The van der Waals surface area contributed by atoms with Gasteiger partial charge in [0.1, 0.15) is 5.75 Å². The molecule has 0 heterocycles. The van der Waals surface area contributed by atoms with E-state index >= 15 is 0 Å². The van der Waals surface area contributed by atoms with Crippen molar-refractivity contribution in [1.29, 1.82) is 0 Å². The van der Waals surface area contributed by atoms with Gasteiger partial charge in [-0.2, -0.15) is 20.2 Å². The van der Waals surface area contributed by atoms with E-state index in [0.717, 1.165) is 6.07 Å². The lowest BCUT2D eigenvalue weighted by Gasteiger charge is -2.13. The Kier molecular flexibility index (Phi) is 3.57. The largest absolute Gasteiger partial charge is 0.496 e. The third-order valence-electron chi connectivity index (χ3n) is 1.95. The van der Waals surface area contributed by atoms with Crippen molar-refractivity contribution < 1.29 is 23.2 Å². The molecule has 1 aromatic rings. The van der Waals surface area contributed by atoms with Crippen molar-refractivity contribution in [2.24, 2.45) is 0 Å². The minimum atomic E-state index is -4.39. The van der Waals surface area contributed by atoms with Crippen LogP contribution in [0, 0.1) is 7.05 Å². The number of nitrogens with two attached hydrogens (primary N) is 1. The predicted molar refractivity (Wildman–Crippen MR) is 49.0 cm³/mol. The van der Waals surface area contributed by atoms with E-state index in [0.29, 0.717) is 12.1 Å². The molecule has 5 heteroatoms. The molecule has 0 fully saturated rings. The van der Waals surface area contributed by atoms with Crippen LogP contribution in [-0.4, -0.2) is 7.11 Å². The van der Waals surface area contributed by atoms with Crippen LogP contribution >= 0.6 is 0 Å². The van der Waals surface area contributed by atoms with Crippen LogP contribution < -0.4 is 10.1 Å². The number of halogens is 3. The summed E-state index contributed by atoms with van der Waals surface area (Å²) in [5, 5.41) is 1.56. The van der Waals surface area contributed by atoms with E-state index in [9.17, 15) is 13.2 Å². The van der Waals surface area contributed by atoms with Crippen LogP contribution in [0.2, 0.25) is 0 Å². The highest BCUT2D eigenvalue weighted by Crippen LogP contribution is 2.36. The average Bonchev–Trinajstić information content (AvgIpc) is 2.17. The lowest BCUT2D eigenvalue weighted by molar-refractivity contribution is -0.612. The van der Waals surface area contributed by atoms with Crippen molar-refractivity contribution in [1.82, 2.24) is 0 Å². The molecule has 0 saturated heterocycles. The lowest BCUT2D eigenvalue weighted by Crippen LogP contribution is -2.74. The number of rotatable bonds is 3. The SMILES string of the molecule is [CH2-][NH2+]Cc1ccc(OC)c(C(F)(F)F)c1. The van der Waals surface area contributed by atoms with Gasteiger partial charge in [0.05, 0.1) is 19.2 Å². The molecule has 0 aromatic heterocycles. The molecule has 0 aliphatic carbocycles. The summed E-state index contributed by atoms with van der Waals surface area (Å²) in [6, 6.07) is 4.00. The highest BCUT2D eigenvalue weighted by molar-refractivity contribution is 5.39. The van der Waals surface area contributed by atoms with E-state index in [1.54, 1.807) is 11.4 Å². The van der Waals surface area contributed by atoms with Gasteiger partial charge in [-0.1, -0.05) is 0 Å². The first kappa shape index (κ1) is 11.8. The van der Waals surface area contributed by atoms with Crippen LogP contribution in [0.15, 0.2) is 18.2 Å². The Balaban J connectivity index is 3.13. The van der Waals surface area contributed by atoms with Crippen LogP contribution in [0.1, 0.15) is 11.1 Å². The van der Waals surface area contributed by atoms with E-state index in [1.807, 2.05) is 0 Å². The first-order valence-corrected chi connectivity index (χ1v) is 4.34. The molecule has 0 saturated carbocycles. The van der Waals surface area contributed by atoms with Crippen molar-refractivity contribution in [2.45, 2.75) is 12.7 Å². The van der Waals surface area contributed by atoms with Crippen LogP contribution in [0.25, 0.3) is 0 Å². The van der Waals surface area contributed by atoms with Gasteiger partial charge in [-0.3, -0.25) is 0 Å². The number of quaternary nitrogens is 1. The fourth-order valence-corrected chi connectivity index (χ4v) is 1.27. The van der Waals surface area contributed by atoms with Gasteiger partial charge in [0.25, 0.3) is 0 Å². The molecule has 0 aliphatic heterocycles. The molecule has 15 heavy (non-hydrogen) atoms. The second-order valence-corrected chi connectivity index (χ2v) is 3.03. The molecule has 1 rings (SSSR count). The summed E-state index contributed by atoms with van der Waals surface area (Å²) in [6.45, 7) is 0.410. The maximum Gasteiger partial charge on any atom is 0.419 e. The summed E-state index contributed by atoms with van der Waals surface area (Å²) in [5.74, 6) is -0.157. The summed E-state index contributed by atoms with van der Waals surface area (Å²) in [7, 11) is 4.70. The molecule has 0 amide bonds. The van der Waals surface area contributed by atoms with Crippen molar-refractivity contribution in [3.05, 3.63) is 36.4 Å². The van der Waals surface area contributed by atoms with Crippen LogP contribution in [0.5, 0.6) is 5.75 Å². The normalized spacial score (nSPS) is 11.5. The Labute approximate surface area is 86.1 Å². The van der Waals surface area contributed by atoms with E-state index in [-0.39, 0.29) is 5.75 Å². The second-order valence-electron chi connectivity index (χ2n) is 3.03. The van der Waals surface area contributed by atoms with Crippen LogP contribution in [0.3, 0.4) is 0 Å². The summed E-state index contributed by atoms with van der Waals surface area (Å²) in [5.41, 5.74) is -0.178. The molecule has 0 atom stereocenters. The molecule has 0 unspecified atom stereocenters. The number of ether oxygens (including phenoxy) is 1. The van der Waals surface area contributed by atoms with Gasteiger partial charge in [0, 0.05) is 5.56 Å². The number of hydrogen-bond acceptors (Lipinski definition) is 1. The van der Waals surface area contributed by atoms with Gasteiger partial charge in [0.15, 0.2) is 0 Å². The average molecular weight is 219 g/mol. The Morgan fingerprint density at radius 2 is 2.07 bits per heavy atom. The third kappa shape index (κ3) is 2.86. The summed E-state index contributed by atoms with van der Waals surface area (Å²) in [6.07, 6.45) is -4.39. The minimum absolute atomic E-state index is 0.157. The molecule has 0 bridgehead atoms. The Morgan fingerprint density at radius 1 is 1.40 bits per heavy atom. The standard InChI is InChI=1S/C10H12F3NO/c1-14-6-7-3-4-9(15-2)8(5-7)10(11,12)13/h3-5H,1,6,14H2,2H3. The van der Waals surface area contributed by atoms with Gasteiger partial charge in [-0.05, 0) is 18.2 Å². The first-order chi connectivity index (χ1) is 6.99. The third-order valence-corrected chi connectivity index (χ3v) is 1.95. The van der Waals surface area contributed by atoms with E-state index < -0.39 is 11.7 Å². The fraction of sp³-hybridized carbons (Fsp3) is 0.300. The maximum absolute atomic E-state index is 12.5. The predicted octanol–water partition coefficient (Wildman–Crippen LogP) is 1.57. The smallest absolute Gasteiger partial charge is 0.419 e. The lowest BCUT2D eigenvalue weighted by atomic mass is 10.1. The summed E-state index contributed by atoms with van der Waals surface area (Å²) in [4.78, 5) is 0. The number of benzene rings is 1. The molecule has 0 spiro atoms. The zero-order chi connectivity index (χ0) is 11.5. The Morgan fingerprint density at radius 3 is 2.53 bits per heavy atom. The van der Waals surface area contributed by atoms with Gasteiger partial charge in [0.2, 0.25) is 0 Å². The van der Waals surface area contributed by atoms with Gasteiger partial charge >= 0.3 is 6.18 Å². The summed E-state index contributed by atoms with van der Waals surface area (Å²) < 4.78 is 42.3. The zero-order valence-electron chi connectivity index (χ0n) is 8.27. The molecular formula is C10H12F3NO. The topological polar surface area (TPSA) is 25.8 Å². The molecular weight excluding hydrogens is 207 g/mol. The molecule has 1 aromatic carbocycles. The number of hydrogen-bond donors (Lipinski definition) is 1. The Hall–Kier alpha value is -1.23. The highest BCUT2D eigenvalue weighted by atomic mass is 19.4. The maximum atomic E-state index is 12.5. The minimum Gasteiger partial charge on any atom is -0.496 e. The molecule has 0 aliphatic rings. The fourth-order valence-electron chi connectivity index (χ4n) is 1.27. The van der Waals surface area contributed by atoms with Crippen LogP contribution in [-0.2, 0) is 12.7 Å². The van der Waals surface area contributed by atoms with Gasteiger partial charge in [-0.25, -0.2) is 0 Å². The van der Waals surface area contributed by atoms with Crippen molar-refractivity contribution >= 4 is 0 Å². The quantitative estimate of drug-likeness (QED) is 0.767. The van der Waals surface area contributed by atoms with Crippen molar-refractivity contribution in [3.8, 4) is 5.75 Å². The van der Waals surface area contributed by atoms with Crippen LogP contribution in [0.4, 0.5) is 13.2 Å². The molecule has 2 nitrogen and oxygen atoms in total. The van der Waals surface area contributed by atoms with Crippen molar-refractivity contribution in [3.63, 3.8) is 0 Å². The first-order valence-electron chi connectivity index (χ1n) is 4.34. The number of alkyl halides is 3. The van der Waals surface area contributed by atoms with Gasteiger partial charge in [-0.15, -0.1) is 0 Å². The molecule has 0 radical (unpaired) electrons. The van der Waals surface area contributed by atoms with E-state index in [1.165, 1.54) is 13.2 Å². The highest BCUT2D eigenvalue weighted by Gasteiger charge is 2.34. The summed E-state index contributed by atoms with van der Waals surface area (Å²) >= 11 is 0. The number of methoxy groups -OCH3 is 1. The second kappa shape index (κ2) is 4.53.